The minimum Gasteiger partial charge on any atom is -0.464 e. The van der Waals surface area contributed by atoms with Crippen LogP contribution in [0, 0.1) is 6.92 Å². The second-order valence-corrected chi connectivity index (χ2v) is 7.51. The average Bonchev–Trinajstić information content (AvgIpc) is 3.16. The lowest BCUT2D eigenvalue weighted by molar-refractivity contribution is -0.120. The van der Waals surface area contributed by atoms with Gasteiger partial charge < -0.3 is 9.73 Å². The summed E-state index contributed by atoms with van der Waals surface area (Å²) < 4.78 is 5.65. The second-order valence-electron chi connectivity index (χ2n) is 6.48. The highest BCUT2D eigenvalue weighted by atomic mass is 32.1. The molecule has 0 saturated carbocycles. The van der Waals surface area contributed by atoms with Gasteiger partial charge in [0.1, 0.15) is 5.58 Å². The van der Waals surface area contributed by atoms with Crippen LogP contribution in [0.2, 0.25) is 0 Å². The lowest BCUT2D eigenvalue weighted by Gasteiger charge is -2.10. The van der Waals surface area contributed by atoms with Crippen molar-refractivity contribution in [2.75, 3.05) is 6.54 Å². The Balaban J connectivity index is 1.68. The van der Waals surface area contributed by atoms with E-state index in [2.05, 4.69) is 49.7 Å². The molecular formula is C20H23NO2S. The molecule has 0 unspecified atom stereocenters. The smallest absolute Gasteiger partial charge is 0.224 e. The summed E-state index contributed by atoms with van der Waals surface area (Å²) in [6.07, 6.45) is 2.96. The lowest BCUT2D eigenvalue weighted by atomic mass is 9.95. The molecule has 0 atom stereocenters. The zero-order valence-corrected chi connectivity index (χ0v) is 15.2. The Morgan fingerprint density at radius 1 is 1.33 bits per heavy atom. The van der Waals surface area contributed by atoms with Crippen molar-refractivity contribution in [3.8, 4) is 0 Å². The number of benzene rings is 1. The van der Waals surface area contributed by atoms with Crippen LogP contribution in [0.4, 0.5) is 0 Å². The molecule has 0 spiro atoms. The molecule has 0 aliphatic carbocycles. The van der Waals surface area contributed by atoms with Gasteiger partial charge >= 0.3 is 0 Å². The minimum absolute atomic E-state index is 0.0425. The van der Waals surface area contributed by atoms with Crippen LogP contribution in [-0.4, -0.2) is 12.5 Å². The number of amides is 1. The maximum Gasteiger partial charge on any atom is 0.224 e. The van der Waals surface area contributed by atoms with Gasteiger partial charge in [0.05, 0.1) is 12.7 Å². The number of carbonyl (C=O) groups is 1. The van der Waals surface area contributed by atoms with Gasteiger partial charge in [-0.25, -0.2) is 0 Å². The van der Waals surface area contributed by atoms with Crippen molar-refractivity contribution in [1.82, 2.24) is 5.32 Å². The predicted octanol–water partition coefficient (Wildman–Crippen LogP) is 4.83. The van der Waals surface area contributed by atoms with E-state index in [1.807, 2.05) is 6.07 Å². The quantitative estimate of drug-likeness (QED) is 0.698. The highest BCUT2D eigenvalue weighted by Gasteiger charge is 2.13. The van der Waals surface area contributed by atoms with E-state index in [0.29, 0.717) is 18.9 Å². The van der Waals surface area contributed by atoms with Crippen LogP contribution in [0.5, 0.6) is 0 Å². The molecule has 0 aliphatic rings. The number of hydrogen-bond donors (Lipinski definition) is 1. The van der Waals surface area contributed by atoms with Crippen LogP contribution in [0.25, 0.3) is 11.0 Å². The molecule has 1 N–H and O–H groups in total. The summed E-state index contributed by atoms with van der Waals surface area (Å²) in [5.41, 5.74) is 4.36. The van der Waals surface area contributed by atoms with Crippen LogP contribution in [-0.2, 0) is 17.6 Å². The first-order chi connectivity index (χ1) is 11.5. The van der Waals surface area contributed by atoms with Gasteiger partial charge in [0.15, 0.2) is 0 Å². The zero-order valence-electron chi connectivity index (χ0n) is 14.4. The summed E-state index contributed by atoms with van der Waals surface area (Å²) >= 11 is 1.72. The molecule has 0 radical (unpaired) electrons. The second kappa shape index (κ2) is 7.22. The molecule has 0 saturated heterocycles. The first kappa shape index (κ1) is 16.8. The molecule has 3 rings (SSSR count). The van der Waals surface area contributed by atoms with Gasteiger partial charge in [-0.2, -0.15) is 0 Å². The average molecular weight is 341 g/mol. The number of furan rings is 1. The molecule has 3 aromatic rings. The van der Waals surface area contributed by atoms with Crippen LogP contribution in [0.3, 0.4) is 0 Å². The SMILES string of the molecule is Cc1cc2occ(CC(=O)NCCc3cccs3)c2cc1C(C)C. The molecule has 1 aromatic carbocycles. The zero-order chi connectivity index (χ0) is 17.1. The molecule has 3 nitrogen and oxygen atoms in total. The number of aryl methyl sites for hydroxylation is 1. The normalized spacial score (nSPS) is 11.3. The fraction of sp³-hybridized carbons (Fsp3) is 0.350. The third-order valence-corrected chi connectivity index (χ3v) is 5.23. The van der Waals surface area contributed by atoms with E-state index < -0.39 is 0 Å². The first-order valence-corrected chi connectivity index (χ1v) is 9.22. The summed E-state index contributed by atoms with van der Waals surface area (Å²) in [4.78, 5) is 13.5. The Morgan fingerprint density at radius 2 is 2.17 bits per heavy atom. The molecule has 4 heteroatoms. The summed E-state index contributed by atoms with van der Waals surface area (Å²) in [7, 11) is 0. The van der Waals surface area contributed by atoms with E-state index in [0.717, 1.165) is 23.0 Å². The van der Waals surface area contributed by atoms with Crippen LogP contribution in [0.15, 0.2) is 40.3 Å². The highest BCUT2D eigenvalue weighted by Crippen LogP contribution is 2.29. The third-order valence-electron chi connectivity index (χ3n) is 4.29. The Kier molecular flexibility index (Phi) is 5.05. The molecule has 2 aromatic heterocycles. The number of rotatable bonds is 6. The maximum atomic E-state index is 12.2. The summed E-state index contributed by atoms with van der Waals surface area (Å²) in [6.45, 7) is 7.15. The van der Waals surface area contributed by atoms with Crippen molar-refractivity contribution >= 4 is 28.2 Å². The van der Waals surface area contributed by atoms with E-state index in [1.165, 1.54) is 16.0 Å². The lowest BCUT2D eigenvalue weighted by Crippen LogP contribution is -2.26. The summed E-state index contributed by atoms with van der Waals surface area (Å²) in [5, 5.41) is 6.11. The highest BCUT2D eigenvalue weighted by molar-refractivity contribution is 7.09. The molecule has 0 aliphatic heterocycles. The molecule has 126 valence electrons. The van der Waals surface area contributed by atoms with Crippen molar-refractivity contribution < 1.29 is 9.21 Å². The Hall–Kier alpha value is -2.07. The Morgan fingerprint density at radius 3 is 2.88 bits per heavy atom. The van der Waals surface area contributed by atoms with Crippen molar-refractivity contribution in [3.63, 3.8) is 0 Å². The number of thiophene rings is 1. The first-order valence-electron chi connectivity index (χ1n) is 8.34. The predicted molar refractivity (Wildman–Crippen MR) is 99.8 cm³/mol. The van der Waals surface area contributed by atoms with Crippen molar-refractivity contribution in [2.45, 2.75) is 39.5 Å². The van der Waals surface area contributed by atoms with Crippen LogP contribution in [0.1, 0.15) is 41.3 Å². The maximum absolute atomic E-state index is 12.2. The topological polar surface area (TPSA) is 42.2 Å². The van der Waals surface area contributed by atoms with E-state index in [4.69, 9.17) is 4.42 Å². The number of carbonyl (C=O) groups excluding carboxylic acids is 1. The third kappa shape index (κ3) is 3.70. The minimum atomic E-state index is 0.0425. The van der Waals surface area contributed by atoms with Gasteiger partial charge in [0.2, 0.25) is 5.91 Å². The van der Waals surface area contributed by atoms with E-state index >= 15 is 0 Å². The standard InChI is InChI=1S/C20H23NO2S/c1-13(2)17-11-18-15(12-23-19(18)9-14(17)3)10-20(22)21-7-6-16-5-4-8-24-16/h4-5,8-9,11-13H,6-7,10H2,1-3H3,(H,21,22). The molecule has 24 heavy (non-hydrogen) atoms. The van der Waals surface area contributed by atoms with Gasteiger partial charge in [-0.15, -0.1) is 11.3 Å². The number of nitrogens with one attached hydrogen (secondary N) is 1. The van der Waals surface area contributed by atoms with Gasteiger partial charge in [-0.05, 0) is 54.0 Å². The van der Waals surface area contributed by atoms with Gasteiger partial charge in [-0.3, -0.25) is 4.79 Å². The Bertz CT molecular complexity index is 831. The van der Waals surface area contributed by atoms with E-state index in [-0.39, 0.29) is 5.91 Å². The van der Waals surface area contributed by atoms with Crippen LogP contribution < -0.4 is 5.32 Å². The molecule has 0 fully saturated rings. The molecule has 0 bridgehead atoms. The van der Waals surface area contributed by atoms with Gasteiger partial charge in [0.25, 0.3) is 0 Å². The van der Waals surface area contributed by atoms with E-state index in [1.54, 1.807) is 17.6 Å². The molecule has 2 heterocycles. The van der Waals surface area contributed by atoms with Crippen molar-refractivity contribution in [2.24, 2.45) is 0 Å². The molecule has 1 amide bonds. The number of hydrogen-bond acceptors (Lipinski definition) is 3. The number of fused-ring (bicyclic) bond motifs is 1. The van der Waals surface area contributed by atoms with E-state index in [9.17, 15) is 4.79 Å². The van der Waals surface area contributed by atoms with Crippen molar-refractivity contribution in [3.05, 3.63) is 57.5 Å². The summed E-state index contributed by atoms with van der Waals surface area (Å²) in [5.74, 6) is 0.498. The monoisotopic (exact) mass is 341 g/mol. The van der Waals surface area contributed by atoms with Gasteiger partial charge in [-0.1, -0.05) is 19.9 Å². The van der Waals surface area contributed by atoms with Gasteiger partial charge in [0, 0.05) is 22.4 Å². The molecular weight excluding hydrogens is 318 g/mol. The van der Waals surface area contributed by atoms with Crippen molar-refractivity contribution in [1.29, 1.82) is 0 Å². The Labute approximate surface area is 146 Å². The fourth-order valence-corrected chi connectivity index (χ4v) is 3.73. The summed E-state index contributed by atoms with van der Waals surface area (Å²) in [6, 6.07) is 8.37. The fourth-order valence-electron chi connectivity index (χ4n) is 3.02. The van der Waals surface area contributed by atoms with Crippen LogP contribution >= 0.6 is 11.3 Å². The largest absolute Gasteiger partial charge is 0.464 e.